The highest BCUT2D eigenvalue weighted by atomic mass is 16.5. The van der Waals surface area contributed by atoms with Gasteiger partial charge in [-0.3, -0.25) is 4.57 Å². The Morgan fingerprint density at radius 3 is 2.04 bits per heavy atom. The molecule has 6 nitrogen and oxygen atoms in total. The summed E-state index contributed by atoms with van der Waals surface area (Å²) in [6.45, 7) is 4.00. The largest absolute Gasteiger partial charge is 0.457 e. The Morgan fingerprint density at radius 2 is 1.24 bits per heavy atom. The zero-order chi connectivity index (χ0) is 56.4. The number of anilines is 4. The smallest absolute Gasteiger partial charge is 0.137 e. The molecule has 0 unspecified atom stereocenters. The molecular formula is C65H50N4O2. The summed E-state index contributed by atoms with van der Waals surface area (Å²) in [5.74, 6) is 2.14. The van der Waals surface area contributed by atoms with Gasteiger partial charge in [0.2, 0.25) is 0 Å². The predicted molar refractivity (Wildman–Crippen MR) is 292 cm³/mol. The molecule has 0 amide bonds. The topological polar surface area (TPSA) is 42.8 Å². The van der Waals surface area contributed by atoms with Crippen molar-refractivity contribution in [2.45, 2.75) is 33.0 Å². The Hall–Kier alpha value is -8.87. The van der Waals surface area contributed by atoms with Gasteiger partial charge in [0.1, 0.15) is 35.5 Å². The van der Waals surface area contributed by atoms with Crippen molar-refractivity contribution >= 4 is 44.6 Å². The lowest BCUT2D eigenvalue weighted by atomic mass is 9.86. The van der Waals surface area contributed by atoms with Crippen molar-refractivity contribution in [2.24, 2.45) is 0 Å². The van der Waals surface area contributed by atoms with E-state index >= 15 is 0 Å². The Kier molecular flexibility index (Phi) is 7.70. The second-order valence-corrected chi connectivity index (χ2v) is 18.9. The third kappa shape index (κ3) is 7.38. The number of pyridine rings is 1. The highest BCUT2D eigenvalue weighted by Crippen LogP contribution is 2.51. The fraction of sp³-hybridized carbons (Fsp3) is 0.0923. The van der Waals surface area contributed by atoms with Crippen LogP contribution in [0.2, 0.25) is 0 Å². The summed E-state index contributed by atoms with van der Waals surface area (Å²) in [5.41, 5.74) is 6.82. The number of hydrogen-bond donors (Lipinski definition) is 0. The van der Waals surface area contributed by atoms with Gasteiger partial charge in [-0.25, -0.2) is 4.98 Å². The van der Waals surface area contributed by atoms with Gasteiger partial charge in [0.25, 0.3) is 0 Å². The summed E-state index contributed by atoms with van der Waals surface area (Å²) in [6.07, 6.45) is 1.58. The highest BCUT2D eigenvalue weighted by Gasteiger charge is 2.32. The van der Waals surface area contributed by atoms with Gasteiger partial charge in [0, 0.05) is 61.2 Å². The lowest BCUT2D eigenvalue weighted by Crippen LogP contribution is -2.25. The van der Waals surface area contributed by atoms with Crippen LogP contribution in [0.1, 0.15) is 45.6 Å². The Balaban J connectivity index is 1.07. The van der Waals surface area contributed by atoms with Crippen LogP contribution in [0.3, 0.4) is 0 Å². The maximum atomic E-state index is 9.74. The summed E-state index contributed by atoms with van der Waals surface area (Å²) in [4.78, 5) is 9.01. The predicted octanol–water partition coefficient (Wildman–Crippen LogP) is 17.6. The fourth-order valence-corrected chi connectivity index (χ4v) is 9.88. The van der Waals surface area contributed by atoms with E-state index in [1.165, 1.54) is 0 Å². The number of hydrogen-bond acceptors (Lipinski definition) is 5. The maximum absolute atomic E-state index is 9.74. The molecule has 2 aromatic heterocycles. The van der Waals surface area contributed by atoms with Crippen molar-refractivity contribution < 1.29 is 23.2 Å². The lowest BCUT2D eigenvalue weighted by molar-refractivity contribution is 0.483. The van der Waals surface area contributed by atoms with E-state index in [4.69, 9.17) is 18.6 Å². The zero-order valence-corrected chi connectivity index (χ0v) is 39.1. The molecule has 342 valence electrons. The van der Waals surface area contributed by atoms with Crippen LogP contribution in [0.15, 0.2) is 218 Å². The van der Waals surface area contributed by atoms with E-state index in [1.54, 1.807) is 85.1 Å². The van der Waals surface area contributed by atoms with Gasteiger partial charge in [-0.1, -0.05) is 148 Å². The summed E-state index contributed by atoms with van der Waals surface area (Å²) >= 11 is 0. The summed E-state index contributed by atoms with van der Waals surface area (Å²) in [5, 5.41) is 1.88. The van der Waals surface area contributed by atoms with Gasteiger partial charge in [0.15, 0.2) is 0 Å². The van der Waals surface area contributed by atoms with Crippen LogP contribution in [-0.2, 0) is 5.41 Å². The summed E-state index contributed by atoms with van der Waals surface area (Å²) in [6, 6.07) is 49.3. The molecule has 11 aromatic rings. The molecule has 71 heavy (non-hydrogen) atoms. The van der Waals surface area contributed by atoms with Crippen molar-refractivity contribution in [2.75, 3.05) is 16.5 Å². The van der Waals surface area contributed by atoms with E-state index in [0.29, 0.717) is 56.8 Å². The van der Waals surface area contributed by atoms with E-state index in [1.807, 2.05) is 82.3 Å². The third-order valence-corrected chi connectivity index (χ3v) is 13.4. The summed E-state index contributed by atoms with van der Waals surface area (Å²) < 4.78 is 109. The molecule has 15 rings (SSSR count). The molecule has 0 N–H and O–H groups in total. The minimum absolute atomic E-state index is 0.0424. The molecule has 0 saturated carbocycles. The number of ether oxygens (including phenoxy) is 2. The Morgan fingerprint density at radius 1 is 0.521 bits per heavy atom. The van der Waals surface area contributed by atoms with Crippen LogP contribution in [0.5, 0.6) is 23.0 Å². The van der Waals surface area contributed by atoms with Crippen molar-refractivity contribution in [3.63, 3.8) is 0 Å². The van der Waals surface area contributed by atoms with Crippen molar-refractivity contribution in [3.8, 4) is 73.3 Å². The maximum Gasteiger partial charge on any atom is 0.137 e. The van der Waals surface area contributed by atoms with Crippen molar-refractivity contribution in [1.29, 1.82) is 0 Å². The van der Waals surface area contributed by atoms with Gasteiger partial charge < -0.3 is 19.3 Å². The Labute approximate surface area is 428 Å². The molecule has 6 heteroatoms. The number of nitrogens with zero attached hydrogens (tertiary/aromatic N) is 4. The SMILES string of the molecule is [2H]c1c([2H])c2c(c(-c3c([2H])c([2H])c(-c4ccccc4)c([2H])c3[2H])c1[2H])N1CN(c3cccc(c3)Oc3ccc4c5cc(C(C)(C)C)ccc5n(c4c3)-c3cc(C([2H])([2H])[2H])c(cn3)-c3ccccc3Oc3ccc-2cc3)c2ccccc21. The van der Waals surface area contributed by atoms with Gasteiger partial charge >= 0.3 is 0 Å². The third-order valence-electron chi connectivity index (χ3n) is 13.4. The minimum Gasteiger partial charge on any atom is -0.457 e. The first-order valence-electron chi connectivity index (χ1n) is 28.5. The quantitative estimate of drug-likeness (QED) is 0.173. The van der Waals surface area contributed by atoms with Gasteiger partial charge in [-0.05, 0) is 118 Å². The molecule has 0 aliphatic carbocycles. The summed E-state index contributed by atoms with van der Waals surface area (Å²) in [7, 11) is 0. The van der Waals surface area contributed by atoms with E-state index in [2.05, 4.69) is 43.9 Å². The monoisotopic (exact) mass is 928 g/mol. The standard InChI is InChI=1S/C65H50N4O2/c1-42-36-63-66-40-57(42)55-18-8-11-23-62(55)71-49-31-28-46(29-32-49)53-20-13-19-52(45-26-24-44(25-27-45)43-14-6-5-7-15-43)64(53)68-41-67(59-21-9-10-22-60(59)68)48-16-12-17-50(38-48)70-51-33-34-54-56-37-47(65(2,3)4)30-35-58(56)69(63)61(54)39-51/h5-40H,41H2,1-4H3/i1D3,13D,19D,20D,24D,25D,26D,27D. The second kappa shape index (κ2) is 16.7. The average molecular weight is 929 g/mol. The molecular weight excluding hydrogens is 869 g/mol. The first-order chi connectivity index (χ1) is 38.8. The van der Waals surface area contributed by atoms with Crippen LogP contribution in [0.4, 0.5) is 22.7 Å². The Bertz CT molecular complexity index is 4370. The van der Waals surface area contributed by atoms with E-state index < -0.39 is 31.0 Å². The van der Waals surface area contributed by atoms with Crippen molar-refractivity contribution in [1.82, 2.24) is 9.55 Å². The first kappa shape index (κ1) is 32.8. The van der Waals surface area contributed by atoms with Gasteiger partial charge in [0.05, 0.1) is 37.7 Å². The number of para-hydroxylation sites is 4. The van der Waals surface area contributed by atoms with Crippen LogP contribution in [0, 0.1) is 6.85 Å². The van der Waals surface area contributed by atoms with Crippen LogP contribution in [-0.4, -0.2) is 16.2 Å². The molecule has 4 aliphatic heterocycles. The van der Waals surface area contributed by atoms with Gasteiger partial charge in [-0.15, -0.1) is 0 Å². The van der Waals surface area contributed by atoms with Crippen molar-refractivity contribution in [3.05, 3.63) is 229 Å². The molecule has 9 aromatic carbocycles. The van der Waals surface area contributed by atoms with E-state index in [9.17, 15) is 9.60 Å². The molecule has 10 bridgehead atoms. The molecule has 6 heterocycles. The van der Waals surface area contributed by atoms with Crippen LogP contribution < -0.4 is 19.3 Å². The van der Waals surface area contributed by atoms with E-state index in [0.717, 1.165) is 38.7 Å². The number of fused-ring (bicyclic) bond motifs is 5. The van der Waals surface area contributed by atoms with E-state index in [-0.39, 0.29) is 63.7 Å². The number of benzene rings is 9. The molecule has 0 atom stereocenters. The second-order valence-electron chi connectivity index (χ2n) is 18.9. The molecule has 0 saturated heterocycles. The molecule has 0 radical (unpaired) electrons. The number of aromatic nitrogens is 2. The number of aryl methyl sites for hydroxylation is 1. The fourth-order valence-electron chi connectivity index (χ4n) is 9.88. The van der Waals surface area contributed by atoms with Crippen LogP contribution in [0.25, 0.3) is 72.1 Å². The van der Waals surface area contributed by atoms with Gasteiger partial charge in [-0.2, -0.15) is 0 Å². The minimum atomic E-state index is -2.60. The normalized spacial score (nSPS) is 15.1. The van der Waals surface area contributed by atoms with Crippen LogP contribution >= 0.6 is 0 Å². The average Bonchev–Trinajstić information content (AvgIpc) is 4.26. The molecule has 0 spiro atoms. The highest BCUT2D eigenvalue weighted by molar-refractivity contribution is 6.10. The zero-order valence-electron chi connectivity index (χ0n) is 49.1. The number of rotatable bonds is 2. The lowest BCUT2D eigenvalue weighted by Gasteiger charge is -2.27. The molecule has 4 aliphatic rings. The first-order valence-corrected chi connectivity index (χ1v) is 23.5. The molecule has 0 fully saturated rings.